The number of aliphatic hydroxyl groups excluding tert-OH is 2. The number of aryl methyl sites for hydroxylation is 2. The van der Waals surface area contributed by atoms with Crippen LogP contribution in [0.1, 0.15) is 44.2 Å². The van der Waals surface area contributed by atoms with E-state index < -0.39 is 0 Å². The zero-order chi connectivity index (χ0) is 20.3. The second-order valence-electron chi connectivity index (χ2n) is 7.10. The van der Waals surface area contributed by atoms with Gasteiger partial charge in [0.1, 0.15) is 11.5 Å². The molecule has 0 radical (unpaired) electrons. The van der Waals surface area contributed by atoms with Crippen molar-refractivity contribution >= 4 is 11.3 Å². The molecule has 1 heterocycles. The minimum Gasteiger partial charge on any atom is -0.507 e. The number of aliphatic hydroxyl groups is 2. The molecule has 0 bridgehead atoms. The third kappa shape index (κ3) is 4.07. The van der Waals surface area contributed by atoms with Gasteiger partial charge in [-0.15, -0.1) is 11.3 Å². The number of thiophene rings is 1. The molecule has 0 saturated heterocycles. The molecule has 0 aliphatic carbocycles. The average Bonchev–Trinajstić information content (AvgIpc) is 3.18. The summed E-state index contributed by atoms with van der Waals surface area (Å²) in [6.07, 6.45) is 1.00. The summed E-state index contributed by atoms with van der Waals surface area (Å²) in [4.78, 5) is 1.01. The van der Waals surface area contributed by atoms with Crippen LogP contribution in [0.5, 0.6) is 11.5 Å². The van der Waals surface area contributed by atoms with Crippen molar-refractivity contribution in [2.24, 2.45) is 0 Å². The van der Waals surface area contributed by atoms with Crippen LogP contribution in [-0.2, 0) is 12.8 Å². The Labute approximate surface area is 169 Å². The van der Waals surface area contributed by atoms with Gasteiger partial charge in [-0.05, 0) is 60.4 Å². The fourth-order valence-electron chi connectivity index (χ4n) is 3.68. The zero-order valence-corrected chi connectivity index (χ0v) is 17.0. The quantitative estimate of drug-likeness (QED) is 0.484. The smallest absolute Gasteiger partial charge is 0.122 e. The molecule has 148 valence electrons. The highest BCUT2D eigenvalue weighted by atomic mass is 32.1. The van der Waals surface area contributed by atoms with E-state index in [1.807, 2.05) is 55.6 Å². The Bertz CT molecular complexity index is 886. The predicted octanol–water partition coefficient (Wildman–Crippen LogP) is 4.03. The third-order valence-electron chi connectivity index (χ3n) is 5.03. The first-order valence-corrected chi connectivity index (χ1v) is 10.2. The first-order chi connectivity index (χ1) is 13.5. The van der Waals surface area contributed by atoms with Gasteiger partial charge in [0.25, 0.3) is 0 Å². The molecular formula is C23H26O4S. The Morgan fingerprint density at radius 1 is 0.821 bits per heavy atom. The van der Waals surface area contributed by atoms with E-state index in [1.54, 1.807) is 11.3 Å². The number of hydrogen-bond donors (Lipinski definition) is 4. The summed E-state index contributed by atoms with van der Waals surface area (Å²) >= 11 is 1.57. The molecule has 0 saturated carbocycles. The van der Waals surface area contributed by atoms with Gasteiger partial charge in [-0.3, -0.25) is 0 Å². The lowest BCUT2D eigenvalue weighted by molar-refractivity contribution is 0.299. The highest BCUT2D eigenvalue weighted by molar-refractivity contribution is 7.10. The molecule has 28 heavy (non-hydrogen) atoms. The summed E-state index contributed by atoms with van der Waals surface area (Å²) in [6, 6.07) is 11.5. The average molecular weight is 399 g/mol. The number of phenolic OH excluding ortho intramolecular Hbond substituents is 2. The van der Waals surface area contributed by atoms with Gasteiger partial charge in [-0.1, -0.05) is 30.3 Å². The van der Waals surface area contributed by atoms with E-state index in [1.165, 1.54) is 0 Å². The third-order valence-corrected chi connectivity index (χ3v) is 5.97. The number of benzene rings is 2. The van der Waals surface area contributed by atoms with Crippen LogP contribution in [0, 0.1) is 13.8 Å². The molecular weight excluding hydrogens is 372 g/mol. The lowest BCUT2D eigenvalue weighted by Crippen LogP contribution is -2.07. The fourth-order valence-corrected chi connectivity index (χ4v) is 4.55. The number of hydrogen-bond acceptors (Lipinski definition) is 5. The highest BCUT2D eigenvalue weighted by Crippen LogP contribution is 2.44. The molecule has 4 nitrogen and oxygen atoms in total. The Morgan fingerprint density at radius 2 is 1.32 bits per heavy atom. The molecule has 0 atom stereocenters. The lowest BCUT2D eigenvalue weighted by Gasteiger charge is -2.23. The Balaban J connectivity index is 2.26. The van der Waals surface area contributed by atoms with Gasteiger partial charge in [0.2, 0.25) is 0 Å². The fraction of sp³-hybridized carbons (Fsp3) is 0.304. The standard InChI is InChI=1S/C23H26O4S/c1-14-10-16(5-7-24)12-18(22(14)26)21(20-4-3-9-28-20)19-13-17(6-8-25)11-15(2)23(19)27/h3-4,9-13,21,24-27H,5-8H2,1-2H3. The van der Waals surface area contributed by atoms with E-state index in [2.05, 4.69) is 0 Å². The number of aromatic hydroxyl groups is 2. The lowest BCUT2D eigenvalue weighted by atomic mass is 9.84. The van der Waals surface area contributed by atoms with Crippen molar-refractivity contribution in [3.05, 3.63) is 80.0 Å². The SMILES string of the molecule is Cc1cc(CCO)cc(C(c2cccs2)c2cc(CCO)cc(C)c2O)c1O. The Hall–Kier alpha value is -2.34. The molecule has 0 aliphatic heterocycles. The van der Waals surface area contributed by atoms with Crippen LogP contribution >= 0.6 is 11.3 Å². The minimum absolute atomic E-state index is 0.0314. The van der Waals surface area contributed by atoms with Crippen LogP contribution < -0.4 is 0 Å². The molecule has 3 aromatic rings. The number of phenols is 2. The van der Waals surface area contributed by atoms with Crippen molar-refractivity contribution in [1.29, 1.82) is 0 Å². The number of rotatable bonds is 7. The first kappa shape index (κ1) is 20.4. The molecule has 0 fully saturated rings. The summed E-state index contributed by atoms with van der Waals surface area (Å²) in [7, 11) is 0. The van der Waals surface area contributed by atoms with Gasteiger partial charge in [0.05, 0.1) is 5.92 Å². The molecule has 0 amide bonds. The van der Waals surface area contributed by atoms with Crippen LogP contribution in [0.4, 0.5) is 0 Å². The van der Waals surface area contributed by atoms with Gasteiger partial charge in [0.15, 0.2) is 0 Å². The molecule has 2 aromatic carbocycles. The predicted molar refractivity (Wildman–Crippen MR) is 113 cm³/mol. The van der Waals surface area contributed by atoms with Gasteiger partial charge in [-0.25, -0.2) is 0 Å². The van der Waals surface area contributed by atoms with E-state index in [9.17, 15) is 20.4 Å². The summed E-state index contributed by atoms with van der Waals surface area (Å²) in [5.41, 5.74) is 4.79. The maximum absolute atomic E-state index is 10.9. The van der Waals surface area contributed by atoms with Crippen molar-refractivity contribution in [3.8, 4) is 11.5 Å². The molecule has 0 unspecified atom stereocenters. The normalized spacial score (nSPS) is 11.3. The second-order valence-corrected chi connectivity index (χ2v) is 8.08. The van der Waals surface area contributed by atoms with E-state index in [0.717, 1.165) is 27.1 Å². The van der Waals surface area contributed by atoms with Crippen molar-refractivity contribution in [2.75, 3.05) is 13.2 Å². The monoisotopic (exact) mass is 398 g/mol. The topological polar surface area (TPSA) is 80.9 Å². The molecule has 4 N–H and O–H groups in total. The Kier molecular flexibility index (Phi) is 6.39. The summed E-state index contributed by atoms with van der Waals surface area (Å²) < 4.78 is 0. The molecule has 1 aromatic heterocycles. The van der Waals surface area contributed by atoms with E-state index >= 15 is 0 Å². The van der Waals surface area contributed by atoms with Gasteiger partial charge < -0.3 is 20.4 Å². The second kappa shape index (κ2) is 8.78. The summed E-state index contributed by atoms with van der Waals surface area (Å²) in [6.45, 7) is 3.75. The van der Waals surface area contributed by atoms with Crippen molar-refractivity contribution in [3.63, 3.8) is 0 Å². The molecule has 3 rings (SSSR count). The maximum Gasteiger partial charge on any atom is 0.122 e. The van der Waals surface area contributed by atoms with E-state index in [0.29, 0.717) is 24.0 Å². The van der Waals surface area contributed by atoms with Crippen molar-refractivity contribution < 1.29 is 20.4 Å². The highest BCUT2D eigenvalue weighted by Gasteiger charge is 2.26. The minimum atomic E-state index is -0.338. The van der Waals surface area contributed by atoms with Gasteiger partial charge in [0, 0.05) is 29.2 Å². The van der Waals surface area contributed by atoms with Crippen molar-refractivity contribution in [2.45, 2.75) is 32.6 Å². The van der Waals surface area contributed by atoms with Gasteiger partial charge >= 0.3 is 0 Å². The van der Waals surface area contributed by atoms with E-state index in [4.69, 9.17) is 0 Å². The zero-order valence-electron chi connectivity index (χ0n) is 16.1. The molecule has 0 aliphatic rings. The van der Waals surface area contributed by atoms with Crippen LogP contribution in [-0.4, -0.2) is 33.6 Å². The largest absolute Gasteiger partial charge is 0.507 e. The summed E-state index contributed by atoms with van der Waals surface area (Å²) in [5, 5.41) is 42.5. The van der Waals surface area contributed by atoms with Crippen LogP contribution in [0.15, 0.2) is 41.8 Å². The Morgan fingerprint density at radius 3 is 1.71 bits per heavy atom. The molecule has 5 heteroatoms. The molecule has 0 spiro atoms. The summed E-state index contributed by atoms with van der Waals surface area (Å²) in [5.74, 6) is 0.0593. The van der Waals surface area contributed by atoms with Crippen LogP contribution in [0.25, 0.3) is 0 Å². The maximum atomic E-state index is 10.9. The van der Waals surface area contributed by atoms with Crippen molar-refractivity contribution in [1.82, 2.24) is 0 Å². The van der Waals surface area contributed by atoms with E-state index in [-0.39, 0.29) is 30.6 Å². The van der Waals surface area contributed by atoms with Crippen LogP contribution in [0.2, 0.25) is 0 Å². The van der Waals surface area contributed by atoms with Gasteiger partial charge in [-0.2, -0.15) is 0 Å². The van der Waals surface area contributed by atoms with Crippen LogP contribution in [0.3, 0.4) is 0 Å². The first-order valence-electron chi connectivity index (χ1n) is 9.36.